The Hall–Kier alpha value is 3.31. The van der Waals surface area contributed by atoms with Crippen LogP contribution in [0.4, 0.5) is 0 Å². The normalized spacial score (nSPS) is 51.2. The van der Waals surface area contributed by atoms with Crippen molar-refractivity contribution in [3.8, 4) is 0 Å². The molecule has 0 bridgehead atoms. The van der Waals surface area contributed by atoms with Crippen LogP contribution in [0.15, 0.2) is 0 Å². The van der Waals surface area contributed by atoms with E-state index in [0.717, 1.165) is 0 Å². The van der Waals surface area contributed by atoms with Crippen LogP contribution in [0.3, 0.4) is 0 Å². The standard InChI is InChI=1S/C6H6Cl6.Ba.2H/c7-1-2(8)4(10)6(12)5(11)3(1)9;;;/h1-6H;;;/t1-,2-,3-,4+,5+,6+;;;. The topological polar surface area (TPSA) is 0 Å². The first-order chi connectivity index (χ1) is 5.46. The van der Waals surface area contributed by atoms with Gasteiger partial charge in [0.1, 0.15) is 0 Å². The van der Waals surface area contributed by atoms with Crippen LogP contribution in [0, 0.1) is 0 Å². The molecule has 0 radical (unpaired) electrons. The van der Waals surface area contributed by atoms with Crippen molar-refractivity contribution < 1.29 is 0 Å². The van der Waals surface area contributed by atoms with Gasteiger partial charge >= 0.3 is 48.9 Å². The van der Waals surface area contributed by atoms with Crippen LogP contribution < -0.4 is 0 Å². The van der Waals surface area contributed by atoms with E-state index in [-0.39, 0.29) is 48.9 Å². The molecule has 13 heavy (non-hydrogen) atoms. The SMILES string of the molecule is Cl[C@H]1[C@H](Cl)[C@@H](Cl)[C@@H](Cl)[C@H](Cl)[C@H]1Cl.[BaH2]. The Morgan fingerprint density at radius 1 is 0.385 bits per heavy atom. The quantitative estimate of drug-likeness (QED) is 0.410. The first kappa shape index (κ1) is 16.3. The monoisotopic (exact) mass is 428 g/mol. The van der Waals surface area contributed by atoms with Crippen molar-refractivity contribution in [1.29, 1.82) is 0 Å². The van der Waals surface area contributed by atoms with Crippen LogP contribution in [0.5, 0.6) is 0 Å². The van der Waals surface area contributed by atoms with Gasteiger partial charge in [-0.1, -0.05) is 0 Å². The van der Waals surface area contributed by atoms with Crippen LogP contribution in [0.25, 0.3) is 0 Å². The van der Waals surface area contributed by atoms with E-state index < -0.39 is 32.3 Å². The van der Waals surface area contributed by atoms with Crippen molar-refractivity contribution in [2.75, 3.05) is 0 Å². The summed E-state index contributed by atoms with van der Waals surface area (Å²) in [6, 6.07) is 0. The maximum absolute atomic E-state index is 5.88. The van der Waals surface area contributed by atoms with Gasteiger partial charge in [-0.15, -0.1) is 69.6 Å². The molecule has 1 aliphatic rings. The number of hydrogen-bond donors (Lipinski definition) is 0. The number of rotatable bonds is 0. The molecule has 0 spiro atoms. The van der Waals surface area contributed by atoms with Gasteiger partial charge in [0.2, 0.25) is 0 Å². The predicted molar refractivity (Wildman–Crippen MR) is 66.4 cm³/mol. The molecule has 0 atom stereocenters. The molecule has 0 aliphatic heterocycles. The summed E-state index contributed by atoms with van der Waals surface area (Å²) >= 11 is 35.3. The third-order valence-corrected chi connectivity index (χ3v) is 5.86. The molecule has 0 aromatic carbocycles. The number of halogens is 6. The molecule has 76 valence electrons. The summed E-state index contributed by atoms with van der Waals surface area (Å²) < 4.78 is 0. The van der Waals surface area contributed by atoms with E-state index in [1.54, 1.807) is 0 Å². The maximum atomic E-state index is 5.88. The Bertz CT molecular complexity index is 109. The van der Waals surface area contributed by atoms with Crippen molar-refractivity contribution in [3.05, 3.63) is 0 Å². The van der Waals surface area contributed by atoms with Gasteiger partial charge in [0.25, 0.3) is 0 Å². The molecule has 1 fully saturated rings. The van der Waals surface area contributed by atoms with E-state index >= 15 is 0 Å². The van der Waals surface area contributed by atoms with Crippen molar-refractivity contribution in [2.45, 2.75) is 32.3 Å². The molecule has 0 aromatic rings. The fourth-order valence-corrected chi connectivity index (χ4v) is 3.38. The Morgan fingerprint density at radius 2 is 0.462 bits per heavy atom. The molecular formula is C6H8BaCl6. The summed E-state index contributed by atoms with van der Waals surface area (Å²) in [4.78, 5) is 0. The second-order valence-corrected chi connectivity index (χ2v) is 5.69. The van der Waals surface area contributed by atoms with Crippen LogP contribution in [-0.2, 0) is 0 Å². The Kier molecular flexibility index (Phi) is 8.66. The van der Waals surface area contributed by atoms with E-state index in [9.17, 15) is 0 Å². The second-order valence-electron chi connectivity index (χ2n) is 2.67. The Labute approximate surface area is 148 Å². The van der Waals surface area contributed by atoms with Crippen molar-refractivity contribution >= 4 is 118 Å². The average molecular weight is 430 g/mol. The van der Waals surface area contributed by atoms with E-state index in [1.165, 1.54) is 0 Å². The van der Waals surface area contributed by atoms with Crippen LogP contribution in [0.2, 0.25) is 0 Å². The Balaban J connectivity index is 0.00000144. The second kappa shape index (κ2) is 6.90. The fourth-order valence-electron chi connectivity index (χ4n) is 1.05. The van der Waals surface area contributed by atoms with E-state index in [2.05, 4.69) is 0 Å². The summed E-state index contributed by atoms with van der Waals surface area (Å²) in [7, 11) is 0. The minimum atomic E-state index is -0.437. The summed E-state index contributed by atoms with van der Waals surface area (Å²) in [6.07, 6.45) is 0. The van der Waals surface area contributed by atoms with Crippen molar-refractivity contribution in [1.82, 2.24) is 0 Å². The molecule has 1 aliphatic carbocycles. The van der Waals surface area contributed by atoms with Gasteiger partial charge in [-0.25, -0.2) is 0 Å². The van der Waals surface area contributed by atoms with Crippen LogP contribution in [0.1, 0.15) is 0 Å². The molecule has 0 amide bonds. The van der Waals surface area contributed by atoms with Crippen molar-refractivity contribution in [3.63, 3.8) is 0 Å². The molecule has 0 heterocycles. The molecule has 7 heteroatoms. The van der Waals surface area contributed by atoms with Crippen LogP contribution in [-0.4, -0.2) is 81.1 Å². The predicted octanol–water partition coefficient (Wildman–Crippen LogP) is 2.73. The third-order valence-electron chi connectivity index (χ3n) is 1.83. The minimum absolute atomic E-state index is 0. The molecule has 1 rings (SSSR count). The van der Waals surface area contributed by atoms with E-state index in [4.69, 9.17) is 69.6 Å². The molecular weight excluding hydrogens is 422 g/mol. The van der Waals surface area contributed by atoms with E-state index in [1.807, 2.05) is 0 Å². The van der Waals surface area contributed by atoms with Gasteiger partial charge in [-0.05, 0) is 0 Å². The third kappa shape index (κ3) is 3.64. The van der Waals surface area contributed by atoms with E-state index in [0.29, 0.717) is 0 Å². The first-order valence-corrected chi connectivity index (χ1v) is 5.93. The number of alkyl halides is 6. The molecule has 1 saturated carbocycles. The molecule has 0 unspecified atom stereocenters. The van der Waals surface area contributed by atoms with Gasteiger partial charge in [-0.2, -0.15) is 0 Å². The first-order valence-electron chi connectivity index (χ1n) is 3.31. The summed E-state index contributed by atoms with van der Waals surface area (Å²) in [6.45, 7) is 0. The van der Waals surface area contributed by atoms with Gasteiger partial charge in [-0.3, -0.25) is 0 Å². The zero-order valence-electron chi connectivity index (χ0n) is 5.73. The van der Waals surface area contributed by atoms with Crippen LogP contribution >= 0.6 is 69.6 Å². The molecule has 0 aromatic heterocycles. The number of hydrogen-bond acceptors (Lipinski definition) is 0. The van der Waals surface area contributed by atoms with Gasteiger partial charge in [0, 0.05) is 0 Å². The zero-order valence-corrected chi connectivity index (χ0v) is 10.3. The average Bonchev–Trinajstić information content (AvgIpc) is 2.08. The van der Waals surface area contributed by atoms with Gasteiger partial charge in [0.15, 0.2) is 0 Å². The van der Waals surface area contributed by atoms with Crippen molar-refractivity contribution in [2.24, 2.45) is 0 Å². The zero-order chi connectivity index (χ0) is 9.46. The fraction of sp³-hybridized carbons (Fsp3) is 1.00. The summed E-state index contributed by atoms with van der Waals surface area (Å²) in [5, 5.41) is -2.62. The molecule has 0 nitrogen and oxygen atoms in total. The van der Waals surface area contributed by atoms with Gasteiger partial charge in [0.05, 0.1) is 32.3 Å². The summed E-state index contributed by atoms with van der Waals surface area (Å²) in [5.41, 5.74) is 0. The molecule has 0 saturated heterocycles. The molecule has 0 N–H and O–H groups in total. The van der Waals surface area contributed by atoms with Gasteiger partial charge < -0.3 is 0 Å². The summed E-state index contributed by atoms with van der Waals surface area (Å²) in [5.74, 6) is 0. The Morgan fingerprint density at radius 3 is 0.538 bits per heavy atom.